The van der Waals surface area contributed by atoms with Crippen LogP contribution < -0.4 is 5.32 Å². The van der Waals surface area contributed by atoms with E-state index >= 15 is 0 Å². The Balaban J connectivity index is 2.30. The molecule has 1 saturated heterocycles. The van der Waals surface area contributed by atoms with Gasteiger partial charge in [0.1, 0.15) is 11.9 Å². The number of esters is 1. The molecule has 110 valence electrons. The first kappa shape index (κ1) is 15.4. The fourth-order valence-electron chi connectivity index (χ4n) is 2.11. The second-order valence-electron chi connectivity index (χ2n) is 4.55. The van der Waals surface area contributed by atoms with Crippen molar-refractivity contribution in [2.24, 2.45) is 0 Å². The number of methoxy groups -OCH3 is 1. The average Bonchev–Trinajstić information content (AvgIpc) is 2.39. The third-order valence-corrected chi connectivity index (χ3v) is 5.37. The van der Waals surface area contributed by atoms with Crippen LogP contribution in [0.4, 0.5) is 4.39 Å². The van der Waals surface area contributed by atoms with E-state index in [4.69, 9.17) is 0 Å². The van der Waals surface area contributed by atoms with Crippen LogP contribution >= 0.6 is 15.9 Å². The summed E-state index contributed by atoms with van der Waals surface area (Å²) in [7, 11) is -2.18. The lowest BCUT2D eigenvalue weighted by Crippen LogP contribution is -2.51. The van der Waals surface area contributed by atoms with Crippen molar-refractivity contribution in [3.05, 3.63) is 34.1 Å². The van der Waals surface area contributed by atoms with E-state index in [1.54, 1.807) is 0 Å². The van der Waals surface area contributed by atoms with E-state index in [0.717, 1.165) is 0 Å². The van der Waals surface area contributed by atoms with Crippen LogP contribution in [0.25, 0.3) is 0 Å². The highest BCUT2D eigenvalue weighted by Crippen LogP contribution is 2.25. The maximum Gasteiger partial charge on any atom is 0.323 e. The Labute approximate surface area is 124 Å². The van der Waals surface area contributed by atoms with Gasteiger partial charge in [0.2, 0.25) is 0 Å². The van der Waals surface area contributed by atoms with Crippen LogP contribution in [-0.4, -0.2) is 39.0 Å². The molecule has 2 rings (SSSR count). The zero-order valence-corrected chi connectivity index (χ0v) is 13.0. The maximum atomic E-state index is 13.2. The number of benzene rings is 1. The largest absolute Gasteiger partial charge is 0.468 e. The first-order valence-corrected chi connectivity index (χ1v) is 8.43. The number of ether oxygens (including phenoxy) is 1. The third-order valence-electron chi connectivity index (χ3n) is 3.08. The van der Waals surface area contributed by atoms with Gasteiger partial charge >= 0.3 is 5.97 Å². The summed E-state index contributed by atoms with van der Waals surface area (Å²) in [5.74, 6) is -1.49. The molecule has 2 atom stereocenters. The van der Waals surface area contributed by atoms with Gasteiger partial charge in [-0.2, -0.15) is 0 Å². The number of carbonyl (C=O) groups is 1. The van der Waals surface area contributed by atoms with Gasteiger partial charge in [-0.1, -0.05) is 6.07 Å². The van der Waals surface area contributed by atoms with Gasteiger partial charge in [-0.3, -0.25) is 10.1 Å². The van der Waals surface area contributed by atoms with Crippen LogP contribution in [0.3, 0.4) is 0 Å². The molecule has 1 heterocycles. The standard InChI is InChI=1S/C12H13BrFNO4S/c1-19-12(16)11-6-20(17,18)5-10(15-11)7-2-3-9(14)8(13)4-7/h2-4,10-11,15H,5-6H2,1H3. The Bertz CT molecular complexity index is 634. The molecule has 1 N–H and O–H groups in total. The molecular formula is C12H13BrFNO4S. The monoisotopic (exact) mass is 365 g/mol. The number of hydrogen-bond acceptors (Lipinski definition) is 5. The Hall–Kier alpha value is -0.990. The molecule has 0 aliphatic carbocycles. The number of nitrogens with one attached hydrogen (secondary N) is 1. The molecule has 1 aromatic carbocycles. The van der Waals surface area contributed by atoms with Gasteiger partial charge in [-0.25, -0.2) is 12.8 Å². The minimum atomic E-state index is -3.38. The summed E-state index contributed by atoms with van der Waals surface area (Å²) in [6.07, 6.45) is 0. The van der Waals surface area contributed by atoms with Crippen LogP contribution in [0.5, 0.6) is 0 Å². The van der Waals surface area contributed by atoms with Gasteiger partial charge in [-0.05, 0) is 33.6 Å². The van der Waals surface area contributed by atoms with Gasteiger partial charge in [0.15, 0.2) is 9.84 Å². The lowest BCUT2D eigenvalue weighted by atomic mass is 10.1. The first-order chi connectivity index (χ1) is 9.32. The Kier molecular flexibility index (Phi) is 4.46. The summed E-state index contributed by atoms with van der Waals surface area (Å²) in [6.45, 7) is 0. The van der Waals surface area contributed by atoms with Gasteiger partial charge in [0, 0.05) is 6.04 Å². The molecule has 1 fully saturated rings. The van der Waals surface area contributed by atoms with Crippen LogP contribution in [-0.2, 0) is 19.4 Å². The predicted molar refractivity (Wildman–Crippen MR) is 74.4 cm³/mol. The van der Waals surface area contributed by atoms with Crippen molar-refractivity contribution in [3.8, 4) is 0 Å². The number of halogens is 2. The fourth-order valence-corrected chi connectivity index (χ4v) is 4.18. The van der Waals surface area contributed by atoms with Crippen molar-refractivity contribution in [1.29, 1.82) is 0 Å². The van der Waals surface area contributed by atoms with Crippen molar-refractivity contribution < 1.29 is 22.3 Å². The normalized spacial score (nSPS) is 25.1. The van der Waals surface area contributed by atoms with Crippen molar-refractivity contribution in [2.75, 3.05) is 18.6 Å². The molecule has 1 aliphatic rings. The number of hydrogen-bond donors (Lipinski definition) is 1. The van der Waals surface area contributed by atoms with Crippen molar-refractivity contribution >= 4 is 31.7 Å². The van der Waals surface area contributed by atoms with E-state index in [9.17, 15) is 17.6 Å². The van der Waals surface area contributed by atoms with Gasteiger partial charge in [0.05, 0.1) is 23.1 Å². The molecular weight excluding hydrogens is 353 g/mol. The lowest BCUT2D eigenvalue weighted by Gasteiger charge is -2.29. The first-order valence-electron chi connectivity index (χ1n) is 5.81. The molecule has 0 spiro atoms. The molecule has 20 heavy (non-hydrogen) atoms. The molecule has 8 heteroatoms. The Morgan fingerprint density at radius 1 is 1.45 bits per heavy atom. The Morgan fingerprint density at radius 3 is 2.75 bits per heavy atom. The number of rotatable bonds is 2. The van der Waals surface area contributed by atoms with E-state index in [0.29, 0.717) is 5.56 Å². The van der Waals surface area contributed by atoms with E-state index in [1.165, 1.54) is 25.3 Å². The molecule has 0 amide bonds. The highest BCUT2D eigenvalue weighted by molar-refractivity contribution is 9.10. The minimum absolute atomic E-state index is 0.140. The minimum Gasteiger partial charge on any atom is -0.468 e. The lowest BCUT2D eigenvalue weighted by molar-refractivity contribution is -0.142. The smallest absolute Gasteiger partial charge is 0.323 e. The molecule has 1 aliphatic heterocycles. The zero-order chi connectivity index (χ0) is 14.9. The second kappa shape index (κ2) is 5.79. The highest BCUT2D eigenvalue weighted by Gasteiger charge is 2.36. The summed E-state index contributed by atoms with van der Waals surface area (Å²) in [6, 6.07) is 2.76. The summed E-state index contributed by atoms with van der Waals surface area (Å²) in [4.78, 5) is 11.5. The van der Waals surface area contributed by atoms with Crippen LogP contribution in [0, 0.1) is 5.82 Å². The SMILES string of the molecule is COC(=O)C1CS(=O)(=O)CC(c2ccc(F)c(Br)c2)N1. The molecule has 1 aromatic rings. The van der Waals surface area contributed by atoms with Crippen molar-refractivity contribution in [1.82, 2.24) is 5.32 Å². The fraction of sp³-hybridized carbons (Fsp3) is 0.417. The van der Waals surface area contributed by atoms with Gasteiger partial charge in [-0.15, -0.1) is 0 Å². The summed E-state index contributed by atoms with van der Waals surface area (Å²) in [5.41, 5.74) is 0.593. The molecule has 0 bridgehead atoms. The van der Waals surface area contributed by atoms with Crippen molar-refractivity contribution in [2.45, 2.75) is 12.1 Å². The summed E-state index contributed by atoms with van der Waals surface area (Å²) in [5, 5.41) is 2.93. The number of carbonyl (C=O) groups excluding carboxylic acids is 1. The predicted octanol–water partition coefficient (Wildman–Crippen LogP) is 1.19. The van der Waals surface area contributed by atoms with Crippen LogP contribution in [0.2, 0.25) is 0 Å². The van der Waals surface area contributed by atoms with Gasteiger partial charge in [0.25, 0.3) is 0 Å². The zero-order valence-electron chi connectivity index (χ0n) is 10.6. The third kappa shape index (κ3) is 3.36. The van der Waals surface area contributed by atoms with E-state index < -0.39 is 33.7 Å². The molecule has 0 saturated carbocycles. The second-order valence-corrected chi connectivity index (χ2v) is 7.55. The maximum absolute atomic E-state index is 13.2. The molecule has 0 radical (unpaired) electrons. The van der Waals surface area contributed by atoms with E-state index in [2.05, 4.69) is 26.0 Å². The molecule has 2 unspecified atom stereocenters. The van der Waals surface area contributed by atoms with E-state index in [-0.39, 0.29) is 16.0 Å². The van der Waals surface area contributed by atoms with Crippen LogP contribution in [0.1, 0.15) is 11.6 Å². The molecule has 5 nitrogen and oxygen atoms in total. The quantitative estimate of drug-likeness (QED) is 0.797. The number of sulfone groups is 1. The van der Waals surface area contributed by atoms with Gasteiger partial charge < -0.3 is 4.74 Å². The average molecular weight is 366 g/mol. The van der Waals surface area contributed by atoms with Crippen molar-refractivity contribution in [3.63, 3.8) is 0 Å². The summed E-state index contributed by atoms with van der Waals surface area (Å²) < 4.78 is 41.8. The summed E-state index contributed by atoms with van der Waals surface area (Å²) >= 11 is 3.06. The van der Waals surface area contributed by atoms with E-state index in [1.807, 2.05) is 0 Å². The van der Waals surface area contributed by atoms with Crippen LogP contribution in [0.15, 0.2) is 22.7 Å². The molecule has 0 aromatic heterocycles. The Morgan fingerprint density at radius 2 is 2.15 bits per heavy atom. The topological polar surface area (TPSA) is 72.5 Å². The highest BCUT2D eigenvalue weighted by atomic mass is 79.9.